The lowest BCUT2D eigenvalue weighted by Crippen LogP contribution is -2.21. The van der Waals surface area contributed by atoms with E-state index in [1.54, 1.807) is 11.9 Å². The molecule has 0 N–H and O–H groups in total. The lowest BCUT2D eigenvalue weighted by Gasteiger charge is -2.19. The van der Waals surface area contributed by atoms with Crippen molar-refractivity contribution in [2.24, 2.45) is 0 Å². The summed E-state index contributed by atoms with van der Waals surface area (Å²) in [7, 11) is 1.78. The first-order valence-electron chi connectivity index (χ1n) is 5.15. The van der Waals surface area contributed by atoms with Crippen molar-refractivity contribution < 1.29 is 4.79 Å². The van der Waals surface area contributed by atoms with Crippen molar-refractivity contribution in [3.05, 3.63) is 23.4 Å². The van der Waals surface area contributed by atoms with E-state index in [2.05, 4.69) is 31.8 Å². The third-order valence-electron chi connectivity index (χ3n) is 2.84. The van der Waals surface area contributed by atoms with E-state index in [0.717, 1.165) is 11.4 Å². The number of rotatable bonds is 0. The molecule has 3 heteroatoms. The maximum Gasteiger partial charge on any atom is 0.232 e. The van der Waals surface area contributed by atoms with Gasteiger partial charge in [0.25, 0.3) is 0 Å². The molecule has 0 unspecified atom stereocenters. The maximum absolute atomic E-state index is 11.5. The molecule has 1 aromatic heterocycles. The van der Waals surface area contributed by atoms with Crippen LogP contribution in [0.25, 0.3) is 0 Å². The Morgan fingerprint density at radius 3 is 2.67 bits per heavy atom. The number of pyridine rings is 1. The fourth-order valence-corrected chi connectivity index (χ4v) is 1.75. The third-order valence-corrected chi connectivity index (χ3v) is 2.84. The molecule has 2 heterocycles. The average Bonchev–Trinajstić information content (AvgIpc) is 2.41. The lowest BCUT2D eigenvalue weighted by atomic mass is 9.87. The van der Waals surface area contributed by atoms with Crippen molar-refractivity contribution in [2.75, 3.05) is 11.9 Å². The van der Waals surface area contributed by atoms with Crippen LogP contribution >= 0.6 is 0 Å². The Bertz CT molecular complexity index is 418. The van der Waals surface area contributed by atoms with E-state index >= 15 is 0 Å². The van der Waals surface area contributed by atoms with Gasteiger partial charge in [0.1, 0.15) is 5.82 Å². The van der Waals surface area contributed by atoms with Crippen LogP contribution in [0.3, 0.4) is 0 Å². The number of carbonyl (C=O) groups is 1. The third kappa shape index (κ3) is 1.62. The summed E-state index contributed by atoms with van der Waals surface area (Å²) in [6.45, 7) is 6.45. The molecule has 1 amide bonds. The Hall–Kier alpha value is -1.38. The van der Waals surface area contributed by atoms with Gasteiger partial charge >= 0.3 is 0 Å². The van der Waals surface area contributed by atoms with Crippen molar-refractivity contribution in [3.63, 3.8) is 0 Å². The molecule has 3 nitrogen and oxygen atoms in total. The first kappa shape index (κ1) is 10.1. The van der Waals surface area contributed by atoms with Crippen molar-refractivity contribution in [2.45, 2.75) is 32.6 Å². The Labute approximate surface area is 90.1 Å². The van der Waals surface area contributed by atoms with Gasteiger partial charge in [0.15, 0.2) is 0 Å². The van der Waals surface area contributed by atoms with Crippen molar-refractivity contribution in [1.82, 2.24) is 4.98 Å². The molecule has 0 atom stereocenters. The van der Waals surface area contributed by atoms with E-state index in [-0.39, 0.29) is 11.3 Å². The predicted octanol–water partition coefficient (Wildman–Crippen LogP) is 1.90. The summed E-state index contributed by atoms with van der Waals surface area (Å²) in [4.78, 5) is 17.5. The van der Waals surface area contributed by atoms with Gasteiger partial charge in [-0.3, -0.25) is 9.69 Å². The first-order valence-corrected chi connectivity index (χ1v) is 5.15. The van der Waals surface area contributed by atoms with Crippen LogP contribution in [-0.4, -0.2) is 17.9 Å². The highest BCUT2D eigenvalue weighted by Crippen LogP contribution is 2.30. The summed E-state index contributed by atoms with van der Waals surface area (Å²) in [5, 5.41) is 0. The molecule has 1 aliphatic heterocycles. The summed E-state index contributed by atoms with van der Waals surface area (Å²) >= 11 is 0. The molecule has 0 spiro atoms. The highest BCUT2D eigenvalue weighted by molar-refractivity contribution is 5.99. The molecule has 0 radical (unpaired) electrons. The molecule has 0 aliphatic carbocycles. The molecule has 1 aliphatic rings. The van der Waals surface area contributed by atoms with Gasteiger partial charge in [0.2, 0.25) is 5.91 Å². The summed E-state index contributed by atoms with van der Waals surface area (Å²) in [6.07, 6.45) is 2.36. The molecule has 15 heavy (non-hydrogen) atoms. The van der Waals surface area contributed by atoms with Gasteiger partial charge in [-0.05, 0) is 17.0 Å². The molecule has 0 saturated heterocycles. The second-order valence-corrected chi connectivity index (χ2v) is 5.09. The summed E-state index contributed by atoms with van der Waals surface area (Å²) in [5.41, 5.74) is 2.32. The van der Waals surface area contributed by atoms with Crippen LogP contribution in [-0.2, 0) is 16.6 Å². The molecule has 0 saturated carbocycles. The number of hydrogen-bond acceptors (Lipinski definition) is 2. The minimum atomic E-state index is 0.0895. The zero-order chi connectivity index (χ0) is 11.2. The van der Waals surface area contributed by atoms with Crippen LogP contribution in [0.5, 0.6) is 0 Å². The standard InChI is InChI=1S/C12H16N2O/c1-12(2,3)9-5-8-6-10(15)14(4)11(8)13-7-9/h5,7H,6H2,1-4H3. The summed E-state index contributed by atoms with van der Waals surface area (Å²) < 4.78 is 0. The van der Waals surface area contributed by atoms with Gasteiger partial charge in [-0.1, -0.05) is 20.8 Å². The number of carbonyl (C=O) groups excluding carboxylic acids is 1. The molecule has 1 aromatic rings. The Kier molecular flexibility index (Phi) is 2.07. The number of nitrogens with zero attached hydrogens (tertiary/aromatic N) is 2. The van der Waals surface area contributed by atoms with Gasteiger partial charge < -0.3 is 0 Å². The Morgan fingerprint density at radius 1 is 1.40 bits per heavy atom. The Morgan fingerprint density at radius 2 is 2.07 bits per heavy atom. The Balaban J connectivity index is 2.47. The average molecular weight is 204 g/mol. The van der Waals surface area contributed by atoms with Crippen LogP contribution in [0.4, 0.5) is 5.82 Å². The van der Waals surface area contributed by atoms with E-state index < -0.39 is 0 Å². The first-order chi connectivity index (χ1) is 6.89. The quantitative estimate of drug-likeness (QED) is 0.646. The van der Waals surface area contributed by atoms with Gasteiger partial charge in [-0.25, -0.2) is 4.98 Å². The number of aromatic nitrogens is 1. The van der Waals surface area contributed by atoms with Crippen LogP contribution in [0.1, 0.15) is 31.9 Å². The highest BCUT2D eigenvalue weighted by atomic mass is 16.2. The normalized spacial score (nSPS) is 15.7. The van der Waals surface area contributed by atoms with Gasteiger partial charge in [0.05, 0.1) is 6.42 Å². The fourth-order valence-electron chi connectivity index (χ4n) is 1.75. The largest absolute Gasteiger partial charge is 0.299 e. The van der Waals surface area contributed by atoms with Crippen molar-refractivity contribution >= 4 is 11.7 Å². The number of fused-ring (bicyclic) bond motifs is 1. The smallest absolute Gasteiger partial charge is 0.232 e. The molecule has 0 fully saturated rings. The van der Waals surface area contributed by atoms with Gasteiger partial charge in [-0.15, -0.1) is 0 Å². The summed E-state index contributed by atoms with van der Waals surface area (Å²) in [6, 6.07) is 2.10. The van der Waals surface area contributed by atoms with E-state index in [9.17, 15) is 4.79 Å². The zero-order valence-electron chi connectivity index (χ0n) is 9.66. The van der Waals surface area contributed by atoms with E-state index in [1.165, 1.54) is 5.56 Å². The highest BCUT2D eigenvalue weighted by Gasteiger charge is 2.27. The number of hydrogen-bond donors (Lipinski definition) is 0. The SMILES string of the molecule is CN1C(=O)Cc2cc(C(C)(C)C)cnc21. The maximum atomic E-state index is 11.5. The van der Waals surface area contributed by atoms with Crippen LogP contribution in [0.2, 0.25) is 0 Å². The second-order valence-electron chi connectivity index (χ2n) is 5.09. The van der Waals surface area contributed by atoms with Crippen molar-refractivity contribution in [3.8, 4) is 0 Å². The number of likely N-dealkylation sites (N-methyl/N-ethyl adjacent to an activating group) is 1. The van der Waals surface area contributed by atoms with Crippen molar-refractivity contribution in [1.29, 1.82) is 0 Å². The van der Waals surface area contributed by atoms with Gasteiger partial charge in [0, 0.05) is 18.8 Å². The lowest BCUT2D eigenvalue weighted by molar-refractivity contribution is -0.117. The van der Waals surface area contributed by atoms with Crippen LogP contribution < -0.4 is 4.90 Å². The second kappa shape index (κ2) is 3.05. The van der Waals surface area contributed by atoms with Crippen LogP contribution in [0.15, 0.2) is 12.3 Å². The monoisotopic (exact) mass is 204 g/mol. The van der Waals surface area contributed by atoms with Gasteiger partial charge in [-0.2, -0.15) is 0 Å². The number of amides is 1. The molecular weight excluding hydrogens is 188 g/mol. The molecule has 80 valence electrons. The summed E-state index contributed by atoms with van der Waals surface area (Å²) in [5.74, 6) is 0.941. The zero-order valence-corrected chi connectivity index (χ0v) is 9.66. The predicted molar refractivity (Wildman–Crippen MR) is 60.1 cm³/mol. The van der Waals surface area contributed by atoms with E-state index in [4.69, 9.17) is 0 Å². The minimum Gasteiger partial charge on any atom is -0.299 e. The topological polar surface area (TPSA) is 33.2 Å². The molecule has 0 aromatic carbocycles. The molecule has 2 rings (SSSR count). The fraction of sp³-hybridized carbons (Fsp3) is 0.500. The molecular formula is C12H16N2O. The van der Waals surface area contributed by atoms with E-state index in [0.29, 0.717) is 6.42 Å². The minimum absolute atomic E-state index is 0.0895. The van der Waals surface area contributed by atoms with Crippen LogP contribution in [0, 0.1) is 0 Å². The number of anilines is 1. The molecule has 0 bridgehead atoms. The van der Waals surface area contributed by atoms with E-state index in [1.807, 2.05) is 6.20 Å².